The summed E-state index contributed by atoms with van der Waals surface area (Å²) in [7, 11) is 0. The number of fused-ring (bicyclic) bond motifs is 1. The number of urea groups is 1. The molecule has 8 nitrogen and oxygen atoms in total. The summed E-state index contributed by atoms with van der Waals surface area (Å²) in [6.45, 7) is 2.26. The molecule has 3 heterocycles. The molecule has 1 atom stereocenters. The summed E-state index contributed by atoms with van der Waals surface area (Å²) in [6, 6.07) is 6.45. The van der Waals surface area contributed by atoms with E-state index in [-0.39, 0.29) is 5.91 Å². The molecule has 0 saturated carbocycles. The van der Waals surface area contributed by atoms with Crippen LogP contribution in [0.15, 0.2) is 30.5 Å². The van der Waals surface area contributed by atoms with Gasteiger partial charge in [0.05, 0.1) is 13.2 Å². The molecule has 1 aromatic heterocycles. The van der Waals surface area contributed by atoms with E-state index < -0.39 is 17.9 Å². The Balaban J connectivity index is 1.48. The van der Waals surface area contributed by atoms with Gasteiger partial charge in [0.15, 0.2) is 5.79 Å². The van der Waals surface area contributed by atoms with Gasteiger partial charge in [-0.25, -0.2) is 4.79 Å². The van der Waals surface area contributed by atoms with Crippen LogP contribution in [0.2, 0.25) is 0 Å². The number of ether oxygens (including phenoxy) is 2. The average Bonchev–Trinajstić information content (AvgIpc) is 3.29. The smallest absolute Gasteiger partial charge is 0.312 e. The van der Waals surface area contributed by atoms with Gasteiger partial charge in [0.2, 0.25) is 5.91 Å². The van der Waals surface area contributed by atoms with E-state index in [1.807, 2.05) is 30.5 Å². The first kappa shape index (κ1) is 17.8. The van der Waals surface area contributed by atoms with Crippen molar-refractivity contribution >= 4 is 22.8 Å². The minimum atomic E-state index is -0.707. The van der Waals surface area contributed by atoms with Gasteiger partial charge in [0, 0.05) is 49.5 Å². The number of carbonyl (C=O) groups excluding carboxylic acids is 2. The summed E-state index contributed by atoms with van der Waals surface area (Å²) >= 11 is 0. The summed E-state index contributed by atoms with van der Waals surface area (Å²) in [6.07, 6.45) is 3.52. The fraction of sp³-hybridized carbons (Fsp3) is 0.474. The number of amides is 3. The first-order valence-electron chi connectivity index (χ1n) is 9.24. The predicted molar refractivity (Wildman–Crippen MR) is 99.0 cm³/mol. The Morgan fingerprint density at radius 3 is 2.63 bits per heavy atom. The van der Waals surface area contributed by atoms with Crippen LogP contribution in [-0.4, -0.2) is 60.0 Å². The molecule has 0 aliphatic carbocycles. The van der Waals surface area contributed by atoms with Gasteiger partial charge in [-0.1, -0.05) is 18.2 Å². The van der Waals surface area contributed by atoms with Crippen molar-refractivity contribution in [3.05, 3.63) is 36.0 Å². The van der Waals surface area contributed by atoms with Crippen LogP contribution in [0.5, 0.6) is 0 Å². The van der Waals surface area contributed by atoms with E-state index in [9.17, 15) is 9.59 Å². The molecule has 2 aromatic rings. The molecule has 2 aliphatic heterocycles. The van der Waals surface area contributed by atoms with E-state index in [4.69, 9.17) is 15.2 Å². The molecule has 144 valence electrons. The van der Waals surface area contributed by atoms with Crippen molar-refractivity contribution in [1.82, 2.24) is 15.2 Å². The van der Waals surface area contributed by atoms with Crippen molar-refractivity contribution < 1.29 is 19.1 Å². The van der Waals surface area contributed by atoms with E-state index in [2.05, 4.69) is 10.3 Å². The second kappa shape index (κ2) is 7.21. The quantitative estimate of drug-likeness (QED) is 0.747. The Labute approximate surface area is 157 Å². The summed E-state index contributed by atoms with van der Waals surface area (Å²) < 4.78 is 11.4. The molecule has 1 spiro atoms. The van der Waals surface area contributed by atoms with Gasteiger partial charge in [-0.05, 0) is 11.6 Å². The lowest BCUT2D eigenvalue weighted by Gasteiger charge is -2.38. The van der Waals surface area contributed by atoms with Gasteiger partial charge >= 0.3 is 6.03 Å². The molecule has 2 saturated heterocycles. The number of H-pyrrole nitrogens is 1. The minimum Gasteiger partial charge on any atom is -0.361 e. The van der Waals surface area contributed by atoms with Crippen LogP contribution < -0.4 is 11.1 Å². The molecular formula is C19H24N4O4. The molecule has 3 amide bonds. The van der Waals surface area contributed by atoms with Crippen molar-refractivity contribution in [2.75, 3.05) is 26.3 Å². The maximum Gasteiger partial charge on any atom is 0.312 e. The Hall–Kier alpha value is -2.58. The second-order valence-corrected chi connectivity index (χ2v) is 7.06. The number of aromatic amines is 1. The van der Waals surface area contributed by atoms with Gasteiger partial charge in [-0.15, -0.1) is 0 Å². The summed E-state index contributed by atoms with van der Waals surface area (Å²) in [5, 5.41) is 3.65. The van der Waals surface area contributed by atoms with Gasteiger partial charge in [-0.2, -0.15) is 0 Å². The summed E-state index contributed by atoms with van der Waals surface area (Å²) in [5.74, 6) is -0.674. The second-order valence-electron chi connectivity index (χ2n) is 7.06. The number of nitrogens with two attached hydrogens (primary N) is 1. The predicted octanol–water partition coefficient (Wildman–Crippen LogP) is 1.11. The van der Waals surface area contributed by atoms with Gasteiger partial charge < -0.3 is 30.4 Å². The first-order valence-corrected chi connectivity index (χ1v) is 9.24. The van der Waals surface area contributed by atoms with E-state index in [1.54, 1.807) is 4.90 Å². The fourth-order valence-electron chi connectivity index (χ4n) is 3.97. The largest absolute Gasteiger partial charge is 0.361 e. The number of piperidine rings is 1. The van der Waals surface area contributed by atoms with E-state index in [1.165, 1.54) is 0 Å². The Morgan fingerprint density at radius 2 is 1.93 bits per heavy atom. The van der Waals surface area contributed by atoms with Crippen LogP contribution in [0.1, 0.15) is 18.4 Å². The van der Waals surface area contributed by atoms with Crippen molar-refractivity contribution in [1.29, 1.82) is 0 Å². The lowest BCUT2D eigenvalue weighted by molar-refractivity contribution is -0.187. The highest BCUT2D eigenvalue weighted by Crippen LogP contribution is 2.31. The molecule has 1 aromatic carbocycles. The van der Waals surface area contributed by atoms with Crippen LogP contribution in [0.4, 0.5) is 4.79 Å². The number of rotatable bonds is 4. The molecule has 0 bridgehead atoms. The van der Waals surface area contributed by atoms with Crippen LogP contribution in [0.25, 0.3) is 10.9 Å². The number of hydrogen-bond acceptors (Lipinski definition) is 4. The molecule has 2 aliphatic rings. The summed E-state index contributed by atoms with van der Waals surface area (Å²) in [5.41, 5.74) is 7.29. The zero-order valence-corrected chi connectivity index (χ0v) is 15.1. The fourth-order valence-corrected chi connectivity index (χ4v) is 3.97. The van der Waals surface area contributed by atoms with Gasteiger partial charge in [0.25, 0.3) is 0 Å². The van der Waals surface area contributed by atoms with Crippen LogP contribution >= 0.6 is 0 Å². The van der Waals surface area contributed by atoms with Gasteiger partial charge in [-0.3, -0.25) is 4.79 Å². The number of primary amides is 1. The maximum atomic E-state index is 13.1. The number of aromatic nitrogens is 1. The number of nitrogens with zero attached hydrogens (tertiary/aromatic N) is 1. The molecule has 4 N–H and O–H groups in total. The number of hydrogen-bond donors (Lipinski definition) is 3. The highest BCUT2D eigenvalue weighted by Gasteiger charge is 2.41. The third kappa shape index (κ3) is 3.63. The summed E-state index contributed by atoms with van der Waals surface area (Å²) in [4.78, 5) is 29.5. The number of para-hydroxylation sites is 1. The molecule has 8 heteroatoms. The van der Waals surface area contributed by atoms with E-state index >= 15 is 0 Å². The standard InChI is InChI=1S/C19H24N4O4/c20-18(25)22-16(11-13-12-21-15-4-2-1-3-14(13)15)17(24)23-7-5-19(6-8-23)26-9-10-27-19/h1-4,12,16,21H,5-11H2,(H3,20,22,25)/t16-/m0/s1. The van der Waals surface area contributed by atoms with Crippen LogP contribution in [0.3, 0.4) is 0 Å². The zero-order valence-electron chi connectivity index (χ0n) is 15.1. The van der Waals surface area contributed by atoms with Crippen LogP contribution in [-0.2, 0) is 20.7 Å². The Bertz CT molecular complexity index is 833. The first-order chi connectivity index (χ1) is 13.1. The van der Waals surface area contributed by atoms with Crippen molar-refractivity contribution in [3.8, 4) is 0 Å². The zero-order chi connectivity index (χ0) is 18.9. The van der Waals surface area contributed by atoms with Crippen molar-refractivity contribution in [2.24, 2.45) is 5.73 Å². The third-order valence-electron chi connectivity index (χ3n) is 5.36. The maximum absolute atomic E-state index is 13.1. The lowest BCUT2D eigenvalue weighted by atomic mass is 10.00. The number of benzene rings is 1. The highest BCUT2D eigenvalue weighted by molar-refractivity contribution is 5.89. The number of nitrogens with one attached hydrogen (secondary N) is 2. The Kier molecular flexibility index (Phi) is 4.75. The number of likely N-dealkylation sites (tertiary alicyclic amines) is 1. The van der Waals surface area contributed by atoms with Crippen molar-refractivity contribution in [3.63, 3.8) is 0 Å². The van der Waals surface area contributed by atoms with Crippen molar-refractivity contribution in [2.45, 2.75) is 31.1 Å². The minimum absolute atomic E-state index is 0.132. The molecule has 0 unspecified atom stereocenters. The topological polar surface area (TPSA) is 110 Å². The highest BCUT2D eigenvalue weighted by atomic mass is 16.7. The monoisotopic (exact) mass is 372 g/mol. The molecule has 4 rings (SSSR count). The molecule has 0 radical (unpaired) electrons. The normalized spacial score (nSPS) is 20.1. The molecule has 2 fully saturated rings. The Morgan fingerprint density at radius 1 is 1.22 bits per heavy atom. The SMILES string of the molecule is NC(=O)N[C@@H](Cc1c[nH]c2ccccc12)C(=O)N1CCC2(CC1)OCCO2. The third-order valence-corrected chi connectivity index (χ3v) is 5.36. The molecular weight excluding hydrogens is 348 g/mol. The average molecular weight is 372 g/mol. The van der Waals surface area contributed by atoms with E-state index in [0.29, 0.717) is 45.6 Å². The lowest BCUT2D eigenvalue weighted by Crippen LogP contribution is -2.55. The van der Waals surface area contributed by atoms with Crippen LogP contribution in [0, 0.1) is 0 Å². The van der Waals surface area contributed by atoms with Gasteiger partial charge in [0.1, 0.15) is 6.04 Å². The number of carbonyl (C=O) groups is 2. The van der Waals surface area contributed by atoms with E-state index in [0.717, 1.165) is 16.5 Å². The molecule has 27 heavy (non-hydrogen) atoms.